The van der Waals surface area contributed by atoms with Crippen LogP contribution in [0.1, 0.15) is 0 Å². The van der Waals surface area contributed by atoms with Crippen LogP contribution in [0, 0.1) is 0 Å². The van der Waals surface area contributed by atoms with Gasteiger partial charge in [0.2, 0.25) is 5.95 Å². The largest absolute Gasteiger partial charge is 0.495 e. The molecule has 0 radical (unpaired) electrons. The first-order valence-corrected chi connectivity index (χ1v) is 7.86. The van der Waals surface area contributed by atoms with E-state index in [4.69, 9.17) is 27.9 Å². The van der Waals surface area contributed by atoms with Crippen LogP contribution in [0.5, 0.6) is 5.75 Å². The summed E-state index contributed by atoms with van der Waals surface area (Å²) in [4.78, 5) is 8.63. The molecular formula is C17H14Cl2N4O. The van der Waals surface area contributed by atoms with Gasteiger partial charge in [0.25, 0.3) is 0 Å². The molecule has 2 aromatic carbocycles. The molecule has 0 spiro atoms. The van der Waals surface area contributed by atoms with Crippen LogP contribution in [0.4, 0.5) is 23.1 Å². The molecule has 122 valence electrons. The topological polar surface area (TPSA) is 59.1 Å². The molecule has 0 atom stereocenters. The minimum absolute atomic E-state index is 0.410. The third-order valence-corrected chi connectivity index (χ3v) is 3.76. The highest BCUT2D eigenvalue weighted by Gasteiger charge is 2.07. The summed E-state index contributed by atoms with van der Waals surface area (Å²) < 4.78 is 5.30. The molecule has 0 aliphatic rings. The number of nitrogens with zero attached hydrogens (tertiary/aromatic N) is 2. The van der Waals surface area contributed by atoms with Gasteiger partial charge in [0.05, 0.1) is 23.5 Å². The molecule has 0 aliphatic carbocycles. The summed E-state index contributed by atoms with van der Waals surface area (Å²) in [6, 6.07) is 14.5. The van der Waals surface area contributed by atoms with Crippen LogP contribution in [-0.4, -0.2) is 17.1 Å². The van der Waals surface area contributed by atoms with Crippen LogP contribution < -0.4 is 15.4 Å². The number of hydrogen-bond donors (Lipinski definition) is 2. The molecule has 1 heterocycles. The van der Waals surface area contributed by atoms with E-state index >= 15 is 0 Å². The molecule has 5 nitrogen and oxygen atoms in total. The van der Waals surface area contributed by atoms with Gasteiger partial charge < -0.3 is 15.4 Å². The van der Waals surface area contributed by atoms with Gasteiger partial charge in [-0.1, -0.05) is 35.3 Å². The zero-order valence-corrected chi connectivity index (χ0v) is 14.3. The first kappa shape index (κ1) is 16.4. The third-order valence-electron chi connectivity index (χ3n) is 3.20. The summed E-state index contributed by atoms with van der Waals surface area (Å²) in [5.74, 6) is 1.67. The van der Waals surface area contributed by atoms with Gasteiger partial charge in [0.15, 0.2) is 0 Å². The Labute approximate surface area is 149 Å². The number of ether oxygens (including phenoxy) is 1. The summed E-state index contributed by atoms with van der Waals surface area (Å²) >= 11 is 12.2. The van der Waals surface area contributed by atoms with Gasteiger partial charge in [0.1, 0.15) is 11.6 Å². The maximum Gasteiger partial charge on any atom is 0.229 e. The van der Waals surface area contributed by atoms with Crippen LogP contribution in [0.3, 0.4) is 0 Å². The zero-order valence-electron chi connectivity index (χ0n) is 12.8. The SMILES string of the molecule is COc1ccc(Cl)cc1Nc1nccc(Nc2ccccc2Cl)n1. The molecular weight excluding hydrogens is 347 g/mol. The van der Waals surface area contributed by atoms with E-state index < -0.39 is 0 Å². The first-order valence-electron chi connectivity index (χ1n) is 7.11. The fourth-order valence-electron chi connectivity index (χ4n) is 2.09. The lowest BCUT2D eigenvalue weighted by Crippen LogP contribution is -2.01. The minimum Gasteiger partial charge on any atom is -0.495 e. The standard InChI is InChI=1S/C17H14Cl2N4O/c1-24-15-7-6-11(18)10-14(15)22-17-20-9-8-16(23-17)21-13-5-3-2-4-12(13)19/h2-10H,1H3,(H2,20,21,22,23). The van der Waals surface area contributed by atoms with Gasteiger partial charge in [-0.15, -0.1) is 0 Å². The van der Waals surface area contributed by atoms with E-state index in [9.17, 15) is 0 Å². The van der Waals surface area contributed by atoms with Crippen molar-refractivity contribution >= 4 is 46.3 Å². The lowest BCUT2D eigenvalue weighted by molar-refractivity contribution is 0.417. The number of aromatic nitrogens is 2. The fourth-order valence-corrected chi connectivity index (χ4v) is 2.44. The number of methoxy groups -OCH3 is 1. The number of benzene rings is 2. The Hall–Kier alpha value is -2.50. The van der Waals surface area contributed by atoms with Crippen molar-refractivity contribution < 1.29 is 4.74 Å². The van der Waals surface area contributed by atoms with Crippen LogP contribution in [-0.2, 0) is 0 Å². The van der Waals surface area contributed by atoms with Gasteiger partial charge in [-0.05, 0) is 36.4 Å². The average Bonchev–Trinajstić information content (AvgIpc) is 2.58. The molecule has 0 aliphatic heterocycles. The van der Waals surface area contributed by atoms with Crippen molar-refractivity contribution in [3.8, 4) is 5.75 Å². The highest BCUT2D eigenvalue weighted by Crippen LogP contribution is 2.30. The van der Waals surface area contributed by atoms with Gasteiger partial charge in [0, 0.05) is 11.2 Å². The Morgan fingerprint density at radius 2 is 1.79 bits per heavy atom. The quantitative estimate of drug-likeness (QED) is 0.648. The van der Waals surface area contributed by atoms with E-state index in [0.29, 0.717) is 33.2 Å². The Bertz CT molecular complexity index is 857. The Morgan fingerprint density at radius 1 is 0.958 bits per heavy atom. The smallest absolute Gasteiger partial charge is 0.229 e. The van der Waals surface area contributed by atoms with E-state index in [1.165, 1.54) is 0 Å². The van der Waals surface area contributed by atoms with Crippen molar-refractivity contribution in [3.05, 3.63) is 64.8 Å². The number of anilines is 4. The average molecular weight is 361 g/mol. The minimum atomic E-state index is 0.410. The number of nitrogens with one attached hydrogen (secondary N) is 2. The number of para-hydroxylation sites is 1. The van der Waals surface area contributed by atoms with Gasteiger partial charge in [-0.2, -0.15) is 4.98 Å². The summed E-state index contributed by atoms with van der Waals surface area (Å²) in [6.07, 6.45) is 1.64. The molecule has 3 rings (SSSR count). The first-order chi connectivity index (χ1) is 11.7. The van der Waals surface area contributed by atoms with E-state index in [-0.39, 0.29) is 0 Å². The zero-order chi connectivity index (χ0) is 16.9. The van der Waals surface area contributed by atoms with Crippen molar-refractivity contribution in [2.75, 3.05) is 17.7 Å². The molecule has 0 amide bonds. The molecule has 2 N–H and O–H groups in total. The summed E-state index contributed by atoms with van der Waals surface area (Å²) in [7, 11) is 1.59. The van der Waals surface area contributed by atoms with Crippen molar-refractivity contribution in [1.82, 2.24) is 9.97 Å². The molecule has 0 saturated heterocycles. The van der Waals surface area contributed by atoms with Crippen molar-refractivity contribution in [3.63, 3.8) is 0 Å². The maximum atomic E-state index is 6.15. The summed E-state index contributed by atoms with van der Waals surface area (Å²) in [6.45, 7) is 0. The highest BCUT2D eigenvalue weighted by atomic mass is 35.5. The van der Waals surface area contributed by atoms with Crippen LogP contribution in [0.2, 0.25) is 10.0 Å². The second-order valence-electron chi connectivity index (χ2n) is 4.84. The van der Waals surface area contributed by atoms with E-state index in [2.05, 4.69) is 20.6 Å². The number of hydrogen-bond acceptors (Lipinski definition) is 5. The van der Waals surface area contributed by atoms with Gasteiger partial charge in [-0.25, -0.2) is 4.98 Å². The maximum absolute atomic E-state index is 6.15. The van der Waals surface area contributed by atoms with Gasteiger partial charge in [-0.3, -0.25) is 0 Å². The summed E-state index contributed by atoms with van der Waals surface area (Å²) in [5.41, 5.74) is 1.45. The fraction of sp³-hybridized carbons (Fsp3) is 0.0588. The Kier molecular flexibility index (Phi) is 5.03. The van der Waals surface area contributed by atoms with Crippen molar-refractivity contribution in [2.24, 2.45) is 0 Å². The molecule has 0 fully saturated rings. The molecule has 0 bridgehead atoms. The molecule has 0 saturated carbocycles. The van der Waals surface area contributed by atoms with Crippen LogP contribution >= 0.6 is 23.2 Å². The molecule has 7 heteroatoms. The molecule has 1 aromatic heterocycles. The lowest BCUT2D eigenvalue weighted by Gasteiger charge is -2.12. The molecule has 0 unspecified atom stereocenters. The highest BCUT2D eigenvalue weighted by molar-refractivity contribution is 6.33. The second-order valence-corrected chi connectivity index (χ2v) is 5.68. The Balaban J connectivity index is 1.84. The van der Waals surface area contributed by atoms with Gasteiger partial charge >= 0.3 is 0 Å². The summed E-state index contributed by atoms with van der Waals surface area (Å²) in [5, 5.41) is 7.46. The monoisotopic (exact) mass is 360 g/mol. The van der Waals surface area contributed by atoms with Crippen molar-refractivity contribution in [2.45, 2.75) is 0 Å². The number of halogens is 2. The predicted octanol–water partition coefficient (Wildman–Crippen LogP) is 5.28. The molecule has 3 aromatic rings. The second kappa shape index (κ2) is 7.38. The third kappa shape index (κ3) is 3.88. The van der Waals surface area contributed by atoms with E-state index in [1.54, 1.807) is 43.6 Å². The van der Waals surface area contributed by atoms with Crippen LogP contribution in [0.15, 0.2) is 54.7 Å². The molecule has 24 heavy (non-hydrogen) atoms. The number of rotatable bonds is 5. The predicted molar refractivity (Wildman–Crippen MR) is 98.1 cm³/mol. The lowest BCUT2D eigenvalue weighted by atomic mass is 10.3. The van der Waals surface area contributed by atoms with E-state index in [0.717, 1.165) is 5.69 Å². The Morgan fingerprint density at radius 3 is 2.58 bits per heavy atom. The van der Waals surface area contributed by atoms with Crippen LogP contribution in [0.25, 0.3) is 0 Å². The normalized spacial score (nSPS) is 10.3. The van der Waals surface area contributed by atoms with Crippen molar-refractivity contribution in [1.29, 1.82) is 0 Å². The van der Waals surface area contributed by atoms with E-state index in [1.807, 2.05) is 18.2 Å².